The number of ketones is 6. The van der Waals surface area contributed by atoms with E-state index in [1.807, 2.05) is 57.2 Å². The molecular formula is C59H94O14. The Morgan fingerprint density at radius 3 is 1.59 bits per heavy atom. The minimum Gasteiger partial charge on any atom is -0.463 e. The van der Waals surface area contributed by atoms with Gasteiger partial charge in [-0.3, -0.25) is 33.6 Å². The van der Waals surface area contributed by atoms with Crippen molar-refractivity contribution in [1.82, 2.24) is 0 Å². The number of benzene rings is 1. The van der Waals surface area contributed by atoms with E-state index in [1.54, 1.807) is 90.0 Å². The van der Waals surface area contributed by atoms with Crippen molar-refractivity contribution >= 4 is 40.7 Å². The fourth-order valence-corrected chi connectivity index (χ4v) is 9.56. The first-order valence-electron chi connectivity index (χ1n) is 26.7. The molecule has 2 rings (SSSR count). The third-order valence-electron chi connectivity index (χ3n) is 14.2. The van der Waals surface area contributed by atoms with Crippen LogP contribution in [-0.4, -0.2) is 118 Å². The van der Waals surface area contributed by atoms with Crippen LogP contribution in [0.25, 0.3) is 0 Å². The van der Waals surface area contributed by atoms with Gasteiger partial charge in [-0.1, -0.05) is 49.4 Å². The van der Waals surface area contributed by atoms with Gasteiger partial charge < -0.3 is 33.2 Å². The Hall–Kier alpha value is -3.79. The number of Topliss-reactive ketones (excluding diaryl/α,β-unsaturated/α-hetero) is 6. The third-order valence-corrected chi connectivity index (χ3v) is 14.2. The molecule has 1 aliphatic rings. The average Bonchev–Trinajstić information content (AvgIpc) is 3.58. The van der Waals surface area contributed by atoms with Gasteiger partial charge in [-0.05, 0) is 193 Å². The summed E-state index contributed by atoms with van der Waals surface area (Å²) in [7, 11) is 0. The highest BCUT2D eigenvalue weighted by Crippen LogP contribution is 2.45. The lowest BCUT2D eigenvalue weighted by Gasteiger charge is -2.36. The zero-order chi connectivity index (χ0) is 55.9. The van der Waals surface area contributed by atoms with Crippen LogP contribution in [0.5, 0.6) is 0 Å². The number of hydrogen-bond donors (Lipinski definition) is 0. The van der Waals surface area contributed by atoms with Gasteiger partial charge in [-0.15, -0.1) is 0 Å². The second-order valence-corrected chi connectivity index (χ2v) is 22.9. The van der Waals surface area contributed by atoms with Crippen LogP contribution in [0, 0.1) is 11.8 Å². The summed E-state index contributed by atoms with van der Waals surface area (Å²) >= 11 is 0. The summed E-state index contributed by atoms with van der Waals surface area (Å²) < 4.78 is 44.2. The van der Waals surface area contributed by atoms with Crippen LogP contribution in [0.2, 0.25) is 0 Å². The summed E-state index contributed by atoms with van der Waals surface area (Å²) in [5.41, 5.74) is -5.42. The van der Waals surface area contributed by atoms with E-state index in [9.17, 15) is 33.6 Å². The standard InChI is InChI=1S/C59H94O14/c1-20-48(38(4)60)68-39(5)52(64)58(16,17)73-50-36-49(72-59(18,19)54(66)41(7)70-56(12,13)43(9)62)46(30-26-21-22-27-31-51(63)67-37(2)3)47(50)35-34-45(33-32-44-28-24-23-25-29-44)71-57(14,15)53(65)40(6)69-55(10,11)42(8)61/h21,23-26,28-29,37,39-41,45-50H,20,22,27,30-36H2,1-19H3/b26-21-/t39-,40-,41-,45?,46?,47?,48?,49?,50?/m0/s1. The molecule has 9 atom stereocenters. The molecule has 0 N–H and O–H groups in total. The molecule has 0 spiro atoms. The quantitative estimate of drug-likeness (QED) is 0.0355. The Labute approximate surface area is 438 Å². The summed E-state index contributed by atoms with van der Waals surface area (Å²) in [6, 6.07) is 10.0. The normalized spacial score (nSPS) is 20.1. The van der Waals surface area contributed by atoms with Crippen LogP contribution < -0.4 is 0 Å². The van der Waals surface area contributed by atoms with Gasteiger partial charge in [0.05, 0.1) is 24.4 Å². The number of esters is 1. The van der Waals surface area contributed by atoms with E-state index < -0.39 is 70.7 Å². The van der Waals surface area contributed by atoms with E-state index in [0.29, 0.717) is 57.8 Å². The lowest BCUT2D eigenvalue weighted by atomic mass is 9.84. The van der Waals surface area contributed by atoms with Gasteiger partial charge in [0.15, 0.2) is 34.7 Å². The lowest BCUT2D eigenvalue weighted by molar-refractivity contribution is -0.172. The maximum absolute atomic E-state index is 14.3. The summed E-state index contributed by atoms with van der Waals surface area (Å²) in [6.45, 7) is 31.4. The first-order valence-corrected chi connectivity index (χ1v) is 26.7. The van der Waals surface area contributed by atoms with E-state index in [-0.39, 0.29) is 65.0 Å². The number of hydrogen-bond acceptors (Lipinski definition) is 14. The van der Waals surface area contributed by atoms with E-state index in [2.05, 4.69) is 6.08 Å². The topological polar surface area (TPSA) is 184 Å². The predicted octanol–water partition coefficient (Wildman–Crippen LogP) is 10.6. The monoisotopic (exact) mass is 1030 g/mol. The molecule has 0 radical (unpaired) electrons. The molecular weight excluding hydrogens is 933 g/mol. The molecule has 0 bridgehead atoms. The minimum atomic E-state index is -1.40. The van der Waals surface area contributed by atoms with Crippen LogP contribution in [0.4, 0.5) is 0 Å². The van der Waals surface area contributed by atoms with Gasteiger partial charge in [-0.2, -0.15) is 0 Å². The average molecular weight is 1030 g/mol. The molecule has 0 heterocycles. The zero-order valence-corrected chi connectivity index (χ0v) is 48.1. The molecule has 73 heavy (non-hydrogen) atoms. The molecule has 1 aliphatic carbocycles. The van der Waals surface area contributed by atoms with Gasteiger partial charge >= 0.3 is 5.97 Å². The van der Waals surface area contributed by atoms with Crippen LogP contribution in [0.3, 0.4) is 0 Å². The minimum absolute atomic E-state index is 0.180. The first kappa shape index (κ1) is 65.3. The number of allylic oxidation sites excluding steroid dienone is 2. The van der Waals surface area contributed by atoms with Crippen molar-refractivity contribution in [2.24, 2.45) is 11.8 Å². The summed E-state index contributed by atoms with van der Waals surface area (Å²) in [4.78, 5) is 92.3. The molecule has 0 amide bonds. The Kier molecular flexibility index (Phi) is 25.4. The second kappa shape index (κ2) is 28.4. The van der Waals surface area contributed by atoms with E-state index in [0.717, 1.165) is 5.56 Å². The number of carbonyl (C=O) groups is 7. The summed E-state index contributed by atoms with van der Waals surface area (Å²) in [5, 5.41) is 0. The van der Waals surface area contributed by atoms with Gasteiger partial charge in [0, 0.05) is 12.8 Å². The summed E-state index contributed by atoms with van der Waals surface area (Å²) in [5.74, 6) is -2.46. The molecule has 14 heteroatoms. The lowest BCUT2D eigenvalue weighted by Crippen LogP contribution is -2.48. The molecule has 6 unspecified atom stereocenters. The van der Waals surface area contributed by atoms with Crippen LogP contribution >= 0.6 is 0 Å². The van der Waals surface area contributed by atoms with Gasteiger partial charge in [0.2, 0.25) is 0 Å². The van der Waals surface area contributed by atoms with Crippen molar-refractivity contribution in [3.8, 4) is 0 Å². The van der Waals surface area contributed by atoms with Crippen LogP contribution in [-0.2, 0) is 73.1 Å². The molecule has 14 nitrogen and oxygen atoms in total. The van der Waals surface area contributed by atoms with Crippen molar-refractivity contribution in [3.05, 3.63) is 48.0 Å². The number of aryl methyl sites for hydroxylation is 1. The highest BCUT2D eigenvalue weighted by Gasteiger charge is 2.51. The Bertz CT molecular complexity index is 2010. The molecule has 1 saturated carbocycles. The molecule has 0 saturated heterocycles. The van der Waals surface area contributed by atoms with E-state index >= 15 is 0 Å². The number of carbonyl (C=O) groups excluding carboxylic acids is 7. The Morgan fingerprint density at radius 2 is 1.11 bits per heavy atom. The number of rotatable bonds is 35. The molecule has 414 valence electrons. The molecule has 1 aromatic rings. The maximum Gasteiger partial charge on any atom is 0.306 e. The Balaban J connectivity index is 2.74. The van der Waals surface area contributed by atoms with Gasteiger partial charge in [0.25, 0.3) is 0 Å². The molecule has 0 aromatic heterocycles. The maximum atomic E-state index is 14.3. The fourth-order valence-electron chi connectivity index (χ4n) is 9.56. The first-order chi connectivity index (χ1) is 33.6. The Morgan fingerprint density at radius 1 is 0.616 bits per heavy atom. The van der Waals surface area contributed by atoms with Crippen LogP contribution in [0.1, 0.15) is 195 Å². The smallest absolute Gasteiger partial charge is 0.306 e. The largest absolute Gasteiger partial charge is 0.463 e. The molecule has 1 aromatic carbocycles. The van der Waals surface area contributed by atoms with Crippen molar-refractivity contribution in [2.75, 3.05) is 0 Å². The van der Waals surface area contributed by atoms with Gasteiger partial charge in [-0.25, -0.2) is 0 Å². The fraction of sp³-hybridized carbons (Fsp3) is 0.746. The number of ether oxygens (including phenoxy) is 7. The van der Waals surface area contributed by atoms with Crippen molar-refractivity contribution in [3.63, 3.8) is 0 Å². The van der Waals surface area contributed by atoms with Crippen molar-refractivity contribution in [1.29, 1.82) is 0 Å². The zero-order valence-electron chi connectivity index (χ0n) is 48.1. The van der Waals surface area contributed by atoms with Gasteiger partial charge in [0.1, 0.15) is 52.4 Å². The van der Waals surface area contributed by atoms with Crippen molar-refractivity contribution in [2.45, 2.75) is 273 Å². The highest BCUT2D eigenvalue weighted by atomic mass is 16.6. The van der Waals surface area contributed by atoms with Crippen molar-refractivity contribution < 1.29 is 66.7 Å². The number of unbranched alkanes of at least 4 members (excludes halogenated alkanes) is 1. The highest BCUT2D eigenvalue weighted by molar-refractivity contribution is 5.92. The van der Waals surface area contributed by atoms with E-state index in [4.69, 9.17) is 33.2 Å². The second-order valence-electron chi connectivity index (χ2n) is 22.9. The van der Waals surface area contributed by atoms with E-state index in [1.165, 1.54) is 20.8 Å². The SMILES string of the molecule is CCC(O[C@@H](C)C(=O)C(C)(C)OC1CC(OC(C)(C)C(=O)[C@H](C)OC(C)(C)C(C)=O)C(C/C=C\CCCC(=O)OC(C)C)C1CCC(CCc1ccccc1)OC(C)(C)C(=O)[C@H](C)OC(C)(C)C(C)=O)C(C)=O. The molecule has 1 fully saturated rings. The summed E-state index contributed by atoms with van der Waals surface area (Å²) in [6.07, 6.45) is 3.41. The molecule has 0 aliphatic heterocycles. The van der Waals surface area contributed by atoms with Crippen LogP contribution in [0.15, 0.2) is 42.5 Å². The predicted molar refractivity (Wildman–Crippen MR) is 282 cm³/mol. The third kappa shape index (κ3) is 20.7.